The minimum atomic E-state index is -4.32. The van der Waals surface area contributed by atoms with Gasteiger partial charge in [0.25, 0.3) is 0 Å². The number of rotatable bonds is 3. The molecule has 2 heterocycles. The molecule has 94 valence electrons. The van der Waals surface area contributed by atoms with Gasteiger partial charge < -0.3 is 10.1 Å². The van der Waals surface area contributed by atoms with E-state index in [1.165, 1.54) is 0 Å². The van der Waals surface area contributed by atoms with Gasteiger partial charge in [-0.2, -0.15) is 13.2 Å². The van der Waals surface area contributed by atoms with Gasteiger partial charge in [0, 0.05) is 25.3 Å². The Hall–Kier alpha value is -1.30. The highest BCUT2D eigenvalue weighted by molar-refractivity contribution is 5.38. The number of aromatic nitrogens is 1. The van der Waals surface area contributed by atoms with E-state index in [9.17, 15) is 13.2 Å². The molecule has 3 nitrogen and oxygen atoms in total. The Labute approximate surface area is 97.0 Å². The third-order valence-corrected chi connectivity index (χ3v) is 2.68. The Bertz CT molecular complexity index is 375. The first-order chi connectivity index (χ1) is 8.05. The van der Waals surface area contributed by atoms with Crippen molar-refractivity contribution in [3.05, 3.63) is 23.9 Å². The Morgan fingerprint density at radius 3 is 2.94 bits per heavy atom. The van der Waals surface area contributed by atoms with Crippen LogP contribution in [0.5, 0.6) is 0 Å². The Balaban J connectivity index is 1.96. The van der Waals surface area contributed by atoms with Crippen molar-refractivity contribution in [2.45, 2.75) is 12.6 Å². The van der Waals surface area contributed by atoms with Crippen LogP contribution in [0.25, 0.3) is 0 Å². The van der Waals surface area contributed by atoms with Crippen LogP contribution in [0.15, 0.2) is 18.3 Å². The SMILES string of the molecule is FC(F)(F)c1ccnc(NCC2CCOC2)c1. The van der Waals surface area contributed by atoms with Gasteiger partial charge in [-0.3, -0.25) is 0 Å². The minimum absolute atomic E-state index is 0.256. The topological polar surface area (TPSA) is 34.2 Å². The molecule has 1 aliphatic rings. The average Bonchev–Trinajstić information content (AvgIpc) is 2.78. The summed E-state index contributed by atoms with van der Waals surface area (Å²) in [5.74, 6) is 0.609. The van der Waals surface area contributed by atoms with Crippen molar-refractivity contribution in [3.8, 4) is 0 Å². The summed E-state index contributed by atoms with van der Waals surface area (Å²) in [5.41, 5.74) is -0.683. The number of nitrogens with one attached hydrogen (secondary N) is 1. The molecule has 0 bridgehead atoms. The number of anilines is 1. The molecule has 1 aromatic heterocycles. The van der Waals surface area contributed by atoms with E-state index >= 15 is 0 Å². The van der Waals surface area contributed by atoms with Crippen LogP contribution in [0.3, 0.4) is 0 Å². The molecule has 1 unspecified atom stereocenters. The van der Waals surface area contributed by atoms with E-state index in [0.29, 0.717) is 19.1 Å². The molecular weight excluding hydrogens is 233 g/mol. The third kappa shape index (κ3) is 3.33. The molecule has 1 N–H and O–H groups in total. The van der Waals surface area contributed by atoms with Gasteiger partial charge in [0.2, 0.25) is 0 Å². The molecule has 1 atom stereocenters. The quantitative estimate of drug-likeness (QED) is 0.890. The van der Waals surface area contributed by atoms with E-state index in [1.807, 2.05) is 0 Å². The van der Waals surface area contributed by atoms with Gasteiger partial charge in [0.1, 0.15) is 5.82 Å². The minimum Gasteiger partial charge on any atom is -0.381 e. The van der Waals surface area contributed by atoms with Crippen LogP contribution in [0.1, 0.15) is 12.0 Å². The molecule has 6 heteroatoms. The van der Waals surface area contributed by atoms with E-state index in [1.54, 1.807) is 0 Å². The van der Waals surface area contributed by atoms with Gasteiger partial charge in [-0.15, -0.1) is 0 Å². The normalized spacial score (nSPS) is 20.5. The fraction of sp³-hybridized carbons (Fsp3) is 0.545. The van der Waals surface area contributed by atoms with Crippen LogP contribution < -0.4 is 5.32 Å². The van der Waals surface area contributed by atoms with Crippen molar-refractivity contribution in [1.29, 1.82) is 0 Å². The smallest absolute Gasteiger partial charge is 0.381 e. The third-order valence-electron chi connectivity index (χ3n) is 2.68. The Kier molecular flexibility index (Phi) is 3.51. The van der Waals surface area contributed by atoms with Crippen molar-refractivity contribution in [3.63, 3.8) is 0 Å². The first kappa shape index (κ1) is 12.2. The number of ether oxygens (including phenoxy) is 1. The first-order valence-corrected chi connectivity index (χ1v) is 5.40. The zero-order chi connectivity index (χ0) is 12.3. The maximum absolute atomic E-state index is 12.4. The van der Waals surface area contributed by atoms with E-state index in [4.69, 9.17) is 4.74 Å². The first-order valence-electron chi connectivity index (χ1n) is 5.40. The predicted octanol–water partition coefficient (Wildman–Crippen LogP) is 2.55. The Morgan fingerprint density at radius 2 is 2.29 bits per heavy atom. The molecular formula is C11H13F3N2O. The van der Waals surface area contributed by atoms with E-state index in [2.05, 4.69) is 10.3 Å². The van der Waals surface area contributed by atoms with Crippen molar-refractivity contribution in [1.82, 2.24) is 4.98 Å². The lowest BCUT2D eigenvalue weighted by Crippen LogP contribution is -2.15. The van der Waals surface area contributed by atoms with Crippen LogP contribution >= 0.6 is 0 Å². The molecule has 0 aliphatic carbocycles. The lowest BCUT2D eigenvalue weighted by molar-refractivity contribution is -0.137. The van der Waals surface area contributed by atoms with E-state index < -0.39 is 11.7 Å². The second-order valence-corrected chi connectivity index (χ2v) is 4.04. The summed E-state index contributed by atoms with van der Waals surface area (Å²) in [7, 11) is 0. The molecule has 0 saturated carbocycles. The lowest BCUT2D eigenvalue weighted by Gasteiger charge is -2.12. The van der Waals surface area contributed by atoms with Crippen molar-refractivity contribution in [2.75, 3.05) is 25.1 Å². The van der Waals surface area contributed by atoms with Gasteiger partial charge in [-0.25, -0.2) is 4.98 Å². The second kappa shape index (κ2) is 4.91. The standard InChI is InChI=1S/C11H13F3N2O/c12-11(13,14)9-1-3-15-10(5-9)16-6-8-2-4-17-7-8/h1,3,5,8H,2,4,6-7H2,(H,15,16). The average molecular weight is 246 g/mol. The summed E-state index contributed by atoms with van der Waals surface area (Å²) in [4.78, 5) is 3.86. The number of nitrogens with zero attached hydrogens (tertiary/aromatic N) is 1. The fourth-order valence-corrected chi connectivity index (χ4v) is 1.70. The molecule has 1 aliphatic heterocycles. The fourth-order valence-electron chi connectivity index (χ4n) is 1.70. The largest absolute Gasteiger partial charge is 0.416 e. The number of hydrogen-bond donors (Lipinski definition) is 1. The van der Waals surface area contributed by atoms with Gasteiger partial charge >= 0.3 is 6.18 Å². The number of alkyl halides is 3. The monoisotopic (exact) mass is 246 g/mol. The summed E-state index contributed by atoms with van der Waals surface area (Å²) in [6.07, 6.45) is -2.22. The van der Waals surface area contributed by atoms with E-state index in [0.717, 1.165) is 31.4 Å². The molecule has 0 amide bonds. The van der Waals surface area contributed by atoms with Crippen LogP contribution in [0, 0.1) is 5.92 Å². The molecule has 2 rings (SSSR count). The van der Waals surface area contributed by atoms with Crippen LogP contribution in [-0.4, -0.2) is 24.7 Å². The predicted molar refractivity (Wildman–Crippen MR) is 56.7 cm³/mol. The van der Waals surface area contributed by atoms with Gasteiger partial charge in [-0.1, -0.05) is 0 Å². The van der Waals surface area contributed by atoms with Crippen molar-refractivity contribution < 1.29 is 17.9 Å². The number of pyridine rings is 1. The highest BCUT2D eigenvalue weighted by Crippen LogP contribution is 2.29. The summed E-state index contributed by atoms with van der Waals surface area (Å²) < 4.78 is 42.5. The maximum atomic E-state index is 12.4. The highest BCUT2D eigenvalue weighted by atomic mass is 19.4. The maximum Gasteiger partial charge on any atom is 0.416 e. The van der Waals surface area contributed by atoms with Crippen molar-refractivity contribution in [2.24, 2.45) is 5.92 Å². The van der Waals surface area contributed by atoms with Gasteiger partial charge in [0.15, 0.2) is 0 Å². The molecule has 17 heavy (non-hydrogen) atoms. The van der Waals surface area contributed by atoms with Crippen LogP contribution in [0.4, 0.5) is 19.0 Å². The molecule has 0 aromatic carbocycles. The molecule has 1 aromatic rings. The number of hydrogen-bond acceptors (Lipinski definition) is 3. The molecule has 1 fully saturated rings. The summed E-state index contributed by atoms with van der Waals surface area (Å²) >= 11 is 0. The van der Waals surface area contributed by atoms with Gasteiger partial charge in [-0.05, 0) is 18.6 Å². The summed E-state index contributed by atoms with van der Waals surface area (Å²) in [6.45, 7) is 1.97. The highest BCUT2D eigenvalue weighted by Gasteiger charge is 2.30. The van der Waals surface area contributed by atoms with E-state index in [-0.39, 0.29) is 5.82 Å². The summed E-state index contributed by atoms with van der Waals surface area (Å²) in [6, 6.07) is 1.99. The Morgan fingerprint density at radius 1 is 1.47 bits per heavy atom. The number of halogens is 3. The zero-order valence-electron chi connectivity index (χ0n) is 9.13. The van der Waals surface area contributed by atoms with Crippen molar-refractivity contribution >= 4 is 5.82 Å². The van der Waals surface area contributed by atoms with Crippen LogP contribution in [-0.2, 0) is 10.9 Å². The zero-order valence-corrected chi connectivity index (χ0v) is 9.13. The second-order valence-electron chi connectivity index (χ2n) is 4.04. The lowest BCUT2D eigenvalue weighted by atomic mass is 10.1. The molecule has 0 spiro atoms. The van der Waals surface area contributed by atoms with Crippen LogP contribution in [0.2, 0.25) is 0 Å². The molecule has 0 radical (unpaired) electrons. The summed E-state index contributed by atoms with van der Waals surface area (Å²) in [5, 5.41) is 2.91. The van der Waals surface area contributed by atoms with Gasteiger partial charge in [0.05, 0.1) is 12.2 Å². The molecule has 1 saturated heterocycles.